The van der Waals surface area contributed by atoms with Crippen molar-refractivity contribution in [1.29, 1.82) is 0 Å². The van der Waals surface area contributed by atoms with Gasteiger partial charge in [-0.2, -0.15) is 0 Å². The van der Waals surface area contributed by atoms with Crippen LogP contribution < -0.4 is 5.32 Å². The van der Waals surface area contributed by atoms with Gasteiger partial charge >= 0.3 is 0 Å². The van der Waals surface area contributed by atoms with Gasteiger partial charge < -0.3 is 9.73 Å². The quantitative estimate of drug-likeness (QED) is 0.745. The first-order valence-electron chi connectivity index (χ1n) is 6.18. The number of furan rings is 1. The molecule has 0 aliphatic carbocycles. The second-order valence-corrected chi connectivity index (χ2v) is 5.00. The van der Waals surface area contributed by atoms with Crippen LogP contribution in [0.2, 0.25) is 5.02 Å². The molecule has 0 saturated carbocycles. The highest BCUT2D eigenvalue weighted by Gasteiger charge is 2.08. The van der Waals surface area contributed by atoms with Crippen LogP contribution in [0, 0.1) is 6.92 Å². The molecule has 0 bridgehead atoms. The number of hydrogen-bond acceptors (Lipinski definition) is 2. The Kier molecular flexibility index (Phi) is 3.20. The molecule has 0 spiro atoms. The predicted octanol–water partition coefficient (Wildman–Crippen LogP) is 4.65. The van der Waals surface area contributed by atoms with E-state index < -0.39 is 0 Å². The second-order valence-electron chi connectivity index (χ2n) is 4.59. The number of anilines is 1. The molecule has 2 aromatic carbocycles. The lowest BCUT2D eigenvalue weighted by Gasteiger charge is -2.07. The fourth-order valence-electron chi connectivity index (χ4n) is 2.03. The molecule has 100 valence electrons. The molecule has 0 aliphatic rings. The maximum absolute atomic E-state index is 12.2. The summed E-state index contributed by atoms with van der Waals surface area (Å²) in [6, 6.07) is 12.6. The fraction of sp³-hybridized carbons (Fsp3) is 0.0625. The summed E-state index contributed by atoms with van der Waals surface area (Å²) in [7, 11) is 0. The molecule has 20 heavy (non-hydrogen) atoms. The Bertz CT molecular complexity index is 792. The average molecular weight is 286 g/mol. The van der Waals surface area contributed by atoms with Crippen LogP contribution in [0.3, 0.4) is 0 Å². The molecule has 1 N–H and O–H groups in total. The number of hydrogen-bond donors (Lipinski definition) is 1. The summed E-state index contributed by atoms with van der Waals surface area (Å²) in [6.45, 7) is 1.90. The van der Waals surface area contributed by atoms with Crippen molar-refractivity contribution < 1.29 is 9.21 Å². The van der Waals surface area contributed by atoms with E-state index in [4.69, 9.17) is 16.0 Å². The summed E-state index contributed by atoms with van der Waals surface area (Å²) in [6.07, 6.45) is 1.61. The molecule has 1 amide bonds. The summed E-state index contributed by atoms with van der Waals surface area (Å²) < 4.78 is 5.25. The minimum atomic E-state index is -0.158. The Morgan fingerprint density at radius 2 is 2.00 bits per heavy atom. The molecule has 1 aromatic heterocycles. The largest absolute Gasteiger partial charge is 0.464 e. The fourth-order valence-corrected chi connectivity index (χ4v) is 2.15. The Hall–Kier alpha value is -2.26. The van der Waals surface area contributed by atoms with Crippen LogP contribution >= 0.6 is 11.6 Å². The summed E-state index contributed by atoms with van der Waals surface area (Å²) in [4.78, 5) is 12.2. The van der Waals surface area contributed by atoms with Crippen molar-refractivity contribution >= 4 is 34.2 Å². The lowest BCUT2D eigenvalue weighted by molar-refractivity contribution is 0.102. The van der Waals surface area contributed by atoms with Gasteiger partial charge in [-0.15, -0.1) is 0 Å². The molecule has 0 radical (unpaired) electrons. The maximum atomic E-state index is 12.2. The highest BCUT2D eigenvalue weighted by Crippen LogP contribution is 2.21. The van der Waals surface area contributed by atoms with Crippen molar-refractivity contribution in [3.8, 4) is 0 Å². The molecule has 3 rings (SSSR count). The third kappa shape index (κ3) is 2.40. The van der Waals surface area contributed by atoms with Crippen LogP contribution in [0.5, 0.6) is 0 Å². The molecule has 1 heterocycles. The van der Waals surface area contributed by atoms with Crippen LogP contribution in [-0.2, 0) is 0 Å². The second kappa shape index (κ2) is 5.02. The highest BCUT2D eigenvalue weighted by molar-refractivity contribution is 6.31. The van der Waals surface area contributed by atoms with E-state index in [2.05, 4.69) is 5.32 Å². The van der Waals surface area contributed by atoms with Gasteiger partial charge in [0.25, 0.3) is 5.91 Å². The molecule has 0 saturated heterocycles. The van der Waals surface area contributed by atoms with Gasteiger partial charge in [0, 0.05) is 21.7 Å². The zero-order valence-electron chi connectivity index (χ0n) is 10.8. The van der Waals surface area contributed by atoms with Crippen LogP contribution in [0.25, 0.3) is 11.0 Å². The third-order valence-electron chi connectivity index (χ3n) is 3.13. The first-order valence-corrected chi connectivity index (χ1v) is 6.56. The first kappa shape index (κ1) is 12.8. The van der Waals surface area contributed by atoms with E-state index in [9.17, 15) is 4.79 Å². The monoisotopic (exact) mass is 285 g/mol. The first-order chi connectivity index (χ1) is 9.63. The van der Waals surface area contributed by atoms with E-state index in [1.54, 1.807) is 36.6 Å². The summed E-state index contributed by atoms with van der Waals surface area (Å²) in [5, 5.41) is 4.45. The lowest BCUT2D eigenvalue weighted by atomic mass is 10.1. The normalized spacial score (nSPS) is 10.7. The number of aryl methyl sites for hydroxylation is 1. The van der Waals surface area contributed by atoms with Crippen molar-refractivity contribution in [3.05, 3.63) is 64.9 Å². The van der Waals surface area contributed by atoms with Crippen molar-refractivity contribution in [2.45, 2.75) is 6.92 Å². The Morgan fingerprint density at radius 3 is 2.80 bits per heavy atom. The Morgan fingerprint density at radius 1 is 1.15 bits per heavy atom. The molecule has 4 heteroatoms. The van der Waals surface area contributed by atoms with Crippen LogP contribution in [0.15, 0.2) is 53.1 Å². The van der Waals surface area contributed by atoms with E-state index in [1.165, 1.54) is 0 Å². The molecule has 0 aliphatic heterocycles. The van der Waals surface area contributed by atoms with E-state index in [-0.39, 0.29) is 5.91 Å². The molecule has 3 nitrogen and oxygen atoms in total. The van der Waals surface area contributed by atoms with Crippen LogP contribution in [-0.4, -0.2) is 5.91 Å². The molecule has 0 unspecified atom stereocenters. The van der Waals surface area contributed by atoms with Gasteiger partial charge in [0.15, 0.2) is 0 Å². The van der Waals surface area contributed by atoms with Crippen LogP contribution in [0.4, 0.5) is 5.69 Å². The van der Waals surface area contributed by atoms with E-state index in [0.717, 1.165) is 22.2 Å². The number of amides is 1. The SMILES string of the molecule is Cc1cc(NC(=O)c2ccc3occc3c2)ccc1Cl. The average Bonchev–Trinajstić information content (AvgIpc) is 2.90. The van der Waals surface area contributed by atoms with Crippen molar-refractivity contribution in [1.82, 2.24) is 0 Å². The summed E-state index contributed by atoms with van der Waals surface area (Å²) in [5.74, 6) is -0.158. The Balaban J connectivity index is 1.86. The highest BCUT2D eigenvalue weighted by atomic mass is 35.5. The van der Waals surface area contributed by atoms with Gasteiger partial charge in [-0.05, 0) is 55.0 Å². The number of halogens is 1. The number of rotatable bonds is 2. The smallest absolute Gasteiger partial charge is 0.255 e. The summed E-state index contributed by atoms with van der Waals surface area (Å²) >= 11 is 5.96. The van der Waals surface area contributed by atoms with Crippen molar-refractivity contribution in [2.75, 3.05) is 5.32 Å². The standard InChI is InChI=1S/C16H12ClNO2/c1-10-8-13(3-4-14(10)17)18-16(19)12-2-5-15-11(9-12)6-7-20-15/h2-9H,1H3,(H,18,19). The molecular formula is C16H12ClNO2. The molecule has 0 fully saturated rings. The number of fused-ring (bicyclic) bond motifs is 1. The van der Waals surface area contributed by atoms with Crippen molar-refractivity contribution in [2.24, 2.45) is 0 Å². The zero-order chi connectivity index (χ0) is 14.1. The van der Waals surface area contributed by atoms with E-state index in [0.29, 0.717) is 10.6 Å². The summed E-state index contributed by atoms with van der Waals surface area (Å²) in [5.41, 5.74) is 3.01. The van der Waals surface area contributed by atoms with Gasteiger partial charge in [-0.25, -0.2) is 0 Å². The van der Waals surface area contributed by atoms with E-state index >= 15 is 0 Å². The Labute approximate surface area is 121 Å². The minimum absolute atomic E-state index is 0.158. The van der Waals surface area contributed by atoms with Gasteiger partial charge in [0.1, 0.15) is 5.58 Å². The number of carbonyl (C=O) groups is 1. The number of nitrogens with one attached hydrogen (secondary N) is 1. The number of benzene rings is 2. The maximum Gasteiger partial charge on any atom is 0.255 e. The molecule has 3 aromatic rings. The topological polar surface area (TPSA) is 42.2 Å². The molecular weight excluding hydrogens is 274 g/mol. The van der Waals surface area contributed by atoms with Gasteiger partial charge in [0.2, 0.25) is 0 Å². The van der Waals surface area contributed by atoms with Crippen LogP contribution in [0.1, 0.15) is 15.9 Å². The minimum Gasteiger partial charge on any atom is -0.464 e. The number of carbonyl (C=O) groups excluding carboxylic acids is 1. The van der Waals surface area contributed by atoms with Gasteiger partial charge in [-0.1, -0.05) is 11.6 Å². The lowest BCUT2D eigenvalue weighted by Crippen LogP contribution is -2.11. The van der Waals surface area contributed by atoms with Gasteiger partial charge in [-0.3, -0.25) is 4.79 Å². The predicted molar refractivity (Wildman–Crippen MR) is 80.4 cm³/mol. The third-order valence-corrected chi connectivity index (χ3v) is 3.55. The van der Waals surface area contributed by atoms with Crippen molar-refractivity contribution in [3.63, 3.8) is 0 Å². The molecule has 0 atom stereocenters. The van der Waals surface area contributed by atoms with Gasteiger partial charge in [0.05, 0.1) is 6.26 Å². The zero-order valence-corrected chi connectivity index (χ0v) is 11.6. The van der Waals surface area contributed by atoms with E-state index in [1.807, 2.05) is 19.1 Å².